The van der Waals surface area contributed by atoms with E-state index in [4.69, 9.17) is 23.6 Å². The van der Waals surface area contributed by atoms with E-state index in [-0.39, 0.29) is 25.6 Å². The molecule has 0 amide bonds. The Morgan fingerprint density at radius 2 is 1.00 bits per heavy atom. The van der Waals surface area contributed by atoms with E-state index in [9.17, 15) is 19.4 Å². The Labute approximate surface area is 313 Å². The quantitative estimate of drug-likeness (QED) is 0.0242. The van der Waals surface area contributed by atoms with Gasteiger partial charge in [0.15, 0.2) is 0 Å². The second-order valence-electron chi connectivity index (χ2n) is 14.4. The molecule has 0 radical (unpaired) electrons. The van der Waals surface area contributed by atoms with Crippen LogP contribution in [0, 0.1) is 0 Å². The molecular formula is C41H81O9P. The summed E-state index contributed by atoms with van der Waals surface area (Å²) in [6, 6.07) is 0. The summed E-state index contributed by atoms with van der Waals surface area (Å²) >= 11 is 0. The van der Waals surface area contributed by atoms with Gasteiger partial charge >= 0.3 is 13.8 Å². The van der Waals surface area contributed by atoms with Crippen molar-refractivity contribution in [3.05, 3.63) is 12.2 Å². The Kier molecular flexibility index (Phi) is 38.3. The van der Waals surface area contributed by atoms with Crippen molar-refractivity contribution in [2.24, 2.45) is 0 Å². The fraction of sp³-hybridized carbons (Fsp3) is 0.927. The van der Waals surface area contributed by atoms with Crippen LogP contribution < -0.4 is 0 Å². The monoisotopic (exact) mass is 749 g/mol. The zero-order chi connectivity index (χ0) is 37.5. The van der Waals surface area contributed by atoms with Crippen LogP contribution in [0.1, 0.15) is 200 Å². The van der Waals surface area contributed by atoms with Gasteiger partial charge < -0.3 is 24.6 Å². The van der Waals surface area contributed by atoms with Gasteiger partial charge in [-0.15, -0.1) is 0 Å². The maximum Gasteiger partial charge on any atom is 0.472 e. The standard InChI is InChI=1S/C41H81O9P/c1-3-5-7-9-11-13-15-17-19-20-21-23-25-27-29-31-33-41(44)50-40(38-49-51(45,46)48-36-39(43)35-42)37-47-34-32-30-28-26-24-22-18-16-14-12-10-8-6-4-2/h14,16,39-40,42-43H,3-13,15,17-38H2,1-2H3,(H,45,46)/b16-14-. The largest absolute Gasteiger partial charge is 0.472 e. The maximum atomic E-state index is 12.6. The van der Waals surface area contributed by atoms with Crippen molar-refractivity contribution in [1.82, 2.24) is 0 Å². The molecule has 10 heteroatoms. The van der Waals surface area contributed by atoms with E-state index in [0.717, 1.165) is 44.9 Å². The third-order valence-electron chi connectivity index (χ3n) is 9.20. The van der Waals surface area contributed by atoms with Gasteiger partial charge in [-0.25, -0.2) is 4.57 Å². The molecule has 0 aliphatic rings. The van der Waals surface area contributed by atoms with Crippen LogP contribution in [0.3, 0.4) is 0 Å². The summed E-state index contributed by atoms with van der Waals surface area (Å²) in [5.74, 6) is -0.381. The molecule has 3 unspecified atom stereocenters. The van der Waals surface area contributed by atoms with Crippen LogP contribution in [0.5, 0.6) is 0 Å². The lowest BCUT2D eigenvalue weighted by Crippen LogP contribution is -2.29. The van der Waals surface area contributed by atoms with E-state index < -0.39 is 33.2 Å². The number of allylic oxidation sites excluding steroid dienone is 2. The number of carbonyl (C=O) groups excluding carboxylic acids is 1. The summed E-state index contributed by atoms with van der Waals surface area (Å²) < 4.78 is 33.3. The molecule has 0 fully saturated rings. The lowest BCUT2D eigenvalue weighted by molar-refractivity contribution is -0.154. The van der Waals surface area contributed by atoms with Crippen molar-refractivity contribution in [3.63, 3.8) is 0 Å². The van der Waals surface area contributed by atoms with Crippen molar-refractivity contribution in [2.75, 3.05) is 33.0 Å². The first-order valence-electron chi connectivity index (χ1n) is 21.2. The lowest BCUT2D eigenvalue weighted by atomic mass is 10.0. The predicted molar refractivity (Wildman–Crippen MR) is 210 cm³/mol. The summed E-state index contributed by atoms with van der Waals surface area (Å²) in [5.41, 5.74) is 0. The van der Waals surface area contributed by atoms with E-state index in [1.165, 1.54) is 135 Å². The normalized spacial score (nSPS) is 14.2. The van der Waals surface area contributed by atoms with Crippen LogP contribution in [0.25, 0.3) is 0 Å². The van der Waals surface area contributed by atoms with Gasteiger partial charge in [-0.3, -0.25) is 13.8 Å². The molecule has 0 bridgehead atoms. The molecule has 0 rings (SSSR count). The average molecular weight is 749 g/mol. The first-order valence-corrected chi connectivity index (χ1v) is 22.7. The fourth-order valence-electron chi connectivity index (χ4n) is 5.94. The zero-order valence-electron chi connectivity index (χ0n) is 33.1. The Hall–Kier alpha value is -0.800. The number of phosphoric ester groups is 1. The Morgan fingerprint density at radius 3 is 1.49 bits per heavy atom. The van der Waals surface area contributed by atoms with Crippen LogP contribution in [0.4, 0.5) is 0 Å². The molecule has 3 N–H and O–H groups in total. The Bertz CT molecular complexity index is 810. The van der Waals surface area contributed by atoms with Gasteiger partial charge in [0.1, 0.15) is 12.2 Å². The number of unbranched alkanes of at least 4 members (excludes halogenated alkanes) is 25. The third-order valence-corrected chi connectivity index (χ3v) is 10.2. The minimum Gasteiger partial charge on any atom is -0.457 e. The molecule has 0 aromatic carbocycles. The van der Waals surface area contributed by atoms with Crippen LogP contribution in [-0.2, 0) is 27.9 Å². The van der Waals surface area contributed by atoms with E-state index in [0.29, 0.717) is 6.61 Å². The number of carbonyl (C=O) groups is 1. The summed E-state index contributed by atoms with van der Waals surface area (Å²) in [6.45, 7) is 3.52. The number of ether oxygens (including phenoxy) is 2. The predicted octanol–water partition coefficient (Wildman–Crippen LogP) is 11.3. The second kappa shape index (κ2) is 38.9. The number of aliphatic hydroxyl groups excluding tert-OH is 2. The van der Waals surface area contributed by atoms with Gasteiger partial charge in [0.2, 0.25) is 0 Å². The number of phosphoric acid groups is 1. The number of rotatable bonds is 41. The van der Waals surface area contributed by atoms with Crippen molar-refractivity contribution in [1.29, 1.82) is 0 Å². The van der Waals surface area contributed by atoms with E-state index >= 15 is 0 Å². The Morgan fingerprint density at radius 1 is 0.588 bits per heavy atom. The summed E-state index contributed by atoms with van der Waals surface area (Å²) in [7, 11) is -4.51. The van der Waals surface area contributed by atoms with Gasteiger partial charge in [-0.1, -0.05) is 167 Å². The highest BCUT2D eigenvalue weighted by molar-refractivity contribution is 7.47. The molecule has 0 aromatic heterocycles. The highest BCUT2D eigenvalue weighted by atomic mass is 31.2. The minimum atomic E-state index is -4.51. The van der Waals surface area contributed by atoms with Gasteiger partial charge in [-0.2, -0.15) is 0 Å². The van der Waals surface area contributed by atoms with Crippen LogP contribution in [-0.4, -0.2) is 66.3 Å². The van der Waals surface area contributed by atoms with Gasteiger partial charge in [0, 0.05) is 13.0 Å². The van der Waals surface area contributed by atoms with Gasteiger partial charge in [-0.05, 0) is 38.5 Å². The highest BCUT2D eigenvalue weighted by Gasteiger charge is 2.26. The SMILES string of the molecule is CCCCCC/C=C\CCCCCCCCOCC(COP(=O)(O)OCC(O)CO)OC(=O)CCCCCCCCCCCCCCCCCC. The van der Waals surface area contributed by atoms with E-state index in [1.807, 2.05) is 0 Å². The lowest BCUT2D eigenvalue weighted by Gasteiger charge is -2.20. The molecule has 0 saturated heterocycles. The smallest absolute Gasteiger partial charge is 0.457 e. The van der Waals surface area contributed by atoms with E-state index in [2.05, 4.69) is 26.0 Å². The molecular weight excluding hydrogens is 667 g/mol. The molecule has 304 valence electrons. The van der Waals surface area contributed by atoms with Crippen molar-refractivity contribution >= 4 is 13.8 Å². The molecule has 9 nitrogen and oxygen atoms in total. The molecule has 0 spiro atoms. The molecule has 0 aliphatic carbocycles. The summed E-state index contributed by atoms with van der Waals surface area (Å²) in [6.07, 6.45) is 37.3. The topological polar surface area (TPSA) is 132 Å². The second-order valence-corrected chi connectivity index (χ2v) is 15.8. The third kappa shape index (κ3) is 38.7. The first-order chi connectivity index (χ1) is 24.8. The van der Waals surface area contributed by atoms with Crippen LogP contribution >= 0.6 is 7.82 Å². The minimum absolute atomic E-state index is 0.0503. The van der Waals surface area contributed by atoms with Gasteiger partial charge in [0.25, 0.3) is 0 Å². The van der Waals surface area contributed by atoms with Crippen molar-refractivity contribution in [2.45, 2.75) is 212 Å². The first kappa shape index (κ1) is 50.2. The Balaban J connectivity index is 4.16. The van der Waals surface area contributed by atoms with Gasteiger partial charge in [0.05, 0.1) is 26.4 Å². The molecule has 0 saturated carbocycles. The molecule has 0 heterocycles. The maximum absolute atomic E-state index is 12.6. The van der Waals surface area contributed by atoms with Crippen molar-refractivity contribution < 1.29 is 43.0 Å². The van der Waals surface area contributed by atoms with Crippen LogP contribution in [0.15, 0.2) is 12.2 Å². The fourth-order valence-corrected chi connectivity index (χ4v) is 6.73. The average Bonchev–Trinajstić information content (AvgIpc) is 3.12. The van der Waals surface area contributed by atoms with Crippen LogP contribution in [0.2, 0.25) is 0 Å². The molecule has 0 aromatic rings. The molecule has 51 heavy (non-hydrogen) atoms. The van der Waals surface area contributed by atoms with E-state index in [1.54, 1.807) is 0 Å². The number of esters is 1. The molecule has 3 atom stereocenters. The highest BCUT2D eigenvalue weighted by Crippen LogP contribution is 2.43. The zero-order valence-corrected chi connectivity index (χ0v) is 34.0. The van der Waals surface area contributed by atoms with Crippen molar-refractivity contribution in [3.8, 4) is 0 Å². The summed E-state index contributed by atoms with van der Waals surface area (Å²) in [5, 5.41) is 18.3. The number of hydrogen-bond donors (Lipinski definition) is 3. The summed E-state index contributed by atoms with van der Waals surface area (Å²) in [4.78, 5) is 22.5. The number of hydrogen-bond acceptors (Lipinski definition) is 8. The number of aliphatic hydroxyl groups is 2. The molecule has 0 aliphatic heterocycles.